The fourth-order valence-electron chi connectivity index (χ4n) is 2.48. The van der Waals surface area contributed by atoms with Crippen LogP contribution in [0.1, 0.15) is 21.5 Å². The van der Waals surface area contributed by atoms with Gasteiger partial charge in [-0.2, -0.15) is 0 Å². The number of halogens is 1. The lowest BCUT2D eigenvalue weighted by atomic mass is 10.1. The van der Waals surface area contributed by atoms with Crippen LogP contribution in [0.2, 0.25) is 0 Å². The van der Waals surface area contributed by atoms with Crippen LogP contribution in [0.4, 0.5) is 4.39 Å². The maximum Gasteiger partial charge on any atom is 0.335 e. The van der Waals surface area contributed by atoms with Crippen LogP contribution in [0.5, 0.6) is 0 Å². The Morgan fingerprint density at radius 2 is 2.00 bits per heavy atom. The number of carbonyl (C=O) groups is 1. The summed E-state index contributed by atoms with van der Waals surface area (Å²) in [7, 11) is 0. The first-order valence-electron chi connectivity index (χ1n) is 6.62. The molecule has 0 aliphatic heterocycles. The van der Waals surface area contributed by atoms with Gasteiger partial charge in [0.05, 0.1) is 5.56 Å². The summed E-state index contributed by atoms with van der Waals surface area (Å²) >= 11 is 0. The van der Waals surface area contributed by atoms with Gasteiger partial charge in [0.2, 0.25) is 0 Å². The Kier molecular flexibility index (Phi) is 3.22. The average Bonchev–Trinajstić information content (AvgIpc) is 2.84. The lowest BCUT2D eigenvalue weighted by Crippen LogP contribution is -2.02. The number of carboxylic acid groups (broad SMARTS) is 1. The standard InChI is InChI=1S/C17H14FNO2/c1-11-8-15(18)5-4-14(11)10-19-7-6-12-2-3-13(17(20)21)9-16(12)19/h2-9H,10H2,1H3,(H,20,21). The number of hydrogen-bond donors (Lipinski definition) is 1. The molecule has 3 nitrogen and oxygen atoms in total. The second-order valence-corrected chi connectivity index (χ2v) is 5.09. The molecule has 0 spiro atoms. The highest BCUT2D eigenvalue weighted by Crippen LogP contribution is 2.20. The van der Waals surface area contributed by atoms with Crippen LogP contribution >= 0.6 is 0 Å². The number of aryl methyl sites for hydroxylation is 1. The number of hydrogen-bond acceptors (Lipinski definition) is 1. The smallest absolute Gasteiger partial charge is 0.335 e. The molecule has 106 valence electrons. The van der Waals surface area contributed by atoms with Crippen LogP contribution in [0.15, 0.2) is 48.7 Å². The fraction of sp³-hybridized carbons (Fsp3) is 0.118. The number of aromatic nitrogens is 1. The highest BCUT2D eigenvalue weighted by atomic mass is 19.1. The van der Waals surface area contributed by atoms with E-state index in [4.69, 9.17) is 5.11 Å². The highest BCUT2D eigenvalue weighted by Gasteiger charge is 2.08. The first kappa shape index (κ1) is 13.4. The molecule has 0 saturated heterocycles. The third kappa shape index (κ3) is 2.52. The molecule has 1 N–H and O–H groups in total. The van der Waals surface area contributed by atoms with E-state index in [9.17, 15) is 9.18 Å². The first-order valence-corrected chi connectivity index (χ1v) is 6.62. The third-order valence-corrected chi connectivity index (χ3v) is 3.67. The van der Waals surface area contributed by atoms with Crippen LogP contribution < -0.4 is 0 Å². The van der Waals surface area contributed by atoms with E-state index < -0.39 is 5.97 Å². The number of nitrogens with zero attached hydrogens (tertiary/aromatic N) is 1. The Bertz CT molecular complexity index is 836. The lowest BCUT2D eigenvalue weighted by Gasteiger charge is -2.09. The molecular weight excluding hydrogens is 269 g/mol. The van der Waals surface area contributed by atoms with Crippen LogP contribution in [-0.4, -0.2) is 15.6 Å². The molecule has 0 aliphatic rings. The largest absolute Gasteiger partial charge is 0.478 e. The van der Waals surface area contributed by atoms with Crippen molar-refractivity contribution in [3.8, 4) is 0 Å². The zero-order valence-corrected chi connectivity index (χ0v) is 11.5. The van der Waals surface area contributed by atoms with Gasteiger partial charge in [-0.05, 0) is 53.8 Å². The summed E-state index contributed by atoms with van der Waals surface area (Å²) in [6, 6.07) is 11.7. The summed E-state index contributed by atoms with van der Waals surface area (Å²) in [5.41, 5.74) is 3.01. The molecule has 0 unspecified atom stereocenters. The Morgan fingerprint density at radius 3 is 2.71 bits per heavy atom. The SMILES string of the molecule is Cc1cc(F)ccc1Cn1ccc2ccc(C(=O)O)cc21. The molecular formula is C17H14FNO2. The van der Waals surface area contributed by atoms with E-state index in [1.807, 2.05) is 23.8 Å². The molecule has 3 aromatic rings. The van der Waals surface area contributed by atoms with Gasteiger partial charge in [0.25, 0.3) is 0 Å². The highest BCUT2D eigenvalue weighted by molar-refractivity contribution is 5.93. The van der Waals surface area contributed by atoms with Gasteiger partial charge < -0.3 is 9.67 Å². The van der Waals surface area contributed by atoms with Crippen molar-refractivity contribution in [1.29, 1.82) is 0 Å². The number of benzene rings is 2. The van der Waals surface area contributed by atoms with Gasteiger partial charge in [0.15, 0.2) is 0 Å². The topological polar surface area (TPSA) is 42.2 Å². The minimum absolute atomic E-state index is 0.248. The molecule has 3 rings (SSSR count). The van der Waals surface area contributed by atoms with Gasteiger partial charge in [0, 0.05) is 18.3 Å². The normalized spacial score (nSPS) is 11.0. The van der Waals surface area contributed by atoms with Crippen molar-refractivity contribution in [3.05, 3.63) is 71.2 Å². The van der Waals surface area contributed by atoms with Crippen LogP contribution in [-0.2, 0) is 6.54 Å². The summed E-state index contributed by atoms with van der Waals surface area (Å²) in [6.45, 7) is 2.45. The van der Waals surface area contributed by atoms with Gasteiger partial charge in [0.1, 0.15) is 5.82 Å². The van der Waals surface area contributed by atoms with E-state index in [-0.39, 0.29) is 11.4 Å². The third-order valence-electron chi connectivity index (χ3n) is 3.67. The molecule has 0 radical (unpaired) electrons. The molecule has 21 heavy (non-hydrogen) atoms. The zero-order chi connectivity index (χ0) is 15.0. The second kappa shape index (κ2) is 5.05. The Morgan fingerprint density at radius 1 is 1.19 bits per heavy atom. The number of aromatic carboxylic acids is 1. The maximum atomic E-state index is 13.1. The Balaban J connectivity index is 2.04. The molecule has 0 bridgehead atoms. The van der Waals surface area contributed by atoms with Gasteiger partial charge in [-0.15, -0.1) is 0 Å². The summed E-state index contributed by atoms with van der Waals surface area (Å²) in [4.78, 5) is 11.1. The average molecular weight is 283 g/mol. The van der Waals surface area contributed by atoms with E-state index in [0.29, 0.717) is 6.54 Å². The van der Waals surface area contributed by atoms with E-state index in [1.165, 1.54) is 12.1 Å². The number of rotatable bonds is 3. The zero-order valence-electron chi connectivity index (χ0n) is 11.5. The second-order valence-electron chi connectivity index (χ2n) is 5.09. The van der Waals surface area contributed by atoms with E-state index in [2.05, 4.69) is 0 Å². The van der Waals surface area contributed by atoms with Crippen LogP contribution in [0.3, 0.4) is 0 Å². The van der Waals surface area contributed by atoms with Gasteiger partial charge >= 0.3 is 5.97 Å². The van der Waals surface area contributed by atoms with E-state index in [1.54, 1.807) is 24.3 Å². The summed E-state index contributed by atoms with van der Waals surface area (Å²) < 4.78 is 15.1. The Labute approximate surface area is 121 Å². The Hall–Kier alpha value is -2.62. The molecule has 1 heterocycles. The monoisotopic (exact) mass is 283 g/mol. The van der Waals surface area contributed by atoms with Crippen LogP contribution in [0.25, 0.3) is 10.9 Å². The van der Waals surface area contributed by atoms with Crippen molar-refractivity contribution in [2.24, 2.45) is 0 Å². The summed E-state index contributed by atoms with van der Waals surface area (Å²) in [5.74, 6) is -1.19. The van der Waals surface area contributed by atoms with Crippen molar-refractivity contribution < 1.29 is 14.3 Å². The van der Waals surface area contributed by atoms with Gasteiger partial charge in [-0.1, -0.05) is 12.1 Å². The van der Waals surface area contributed by atoms with Gasteiger partial charge in [-0.25, -0.2) is 9.18 Å². The van der Waals surface area contributed by atoms with Crippen molar-refractivity contribution in [3.63, 3.8) is 0 Å². The summed E-state index contributed by atoms with van der Waals surface area (Å²) in [5, 5.41) is 10.1. The molecule has 4 heteroatoms. The first-order chi connectivity index (χ1) is 10.0. The minimum Gasteiger partial charge on any atom is -0.478 e. The minimum atomic E-state index is -0.942. The van der Waals surface area contributed by atoms with Crippen molar-refractivity contribution in [1.82, 2.24) is 4.57 Å². The molecule has 0 saturated carbocycles. The van der Waals surface area contributed by atoms with Crippen LogP contribution in [0, 0.1) is 12.7 Å². The molecule has 1 aromatic heterocycles. The van der Waals surface area contributed by atoms with Crippen molar-refractivity contribution >= 4 is 16.9 Å². The lowest BCUT2D eigenvalue weighted by molar-refractivity contribution is 0.0697. The van der Waals surface area contributed by atoms with Gasteiger partial charge in [-0.3, -0.25) is 0 Å². The molecule has 2 aromatic carbocycles. The molecule has 0 amide bonds. The van der Waals surface area contributed by atoms with E-state index in [0.717, 1.165) is 22.0 Å². The maximum absolute atomic E-state index is 13.1. The molecule has 0 atom stereocenters. The predicted molar refractivity (Wildman–Crippen MR) is 79.1 cm³/mol. The molecule has 0 aliphatic carbocycles. The number of fused-ring (bicyclic) bond motifs is 1. The predicted octanol–water partition coefficient (Wildman–Crippen LogP) is 3.84. The molecule has 0 fully saturated rings. The van der Waals surface area contributed by atoms with Crippen molar-refractivity contribution in [2.75, 3.05) is 0 Å². The number of carboxylic acids is 1. The quantitative estimate of drug-likeness (QED) is 0.793. The van der Waals surface area contributed by atoms with E-state index >= 15 is 0 Å². The fourth-order valence-corrected chi connectivity index (χ4v) is 2.48. The van der Waals surface area contributed by atoms with Crippen molar-refractivity contribution in [2.45, 2.75) is 13.5 Å². The summed E-state index contributed by atoms with van der Waals surface area (Å²) in [6.07, 6.45) is 1.92.